The molecule has 0 saturated heterocycles. The second-order valence-electron chi connectivity index (χ2n) is 4.81. The Morgan fingerprint density at radius 3 is 2.48 bits per heavy atom. The van der Waals surface area contributed by atoms with Gasteiger partial charge in [0.15, 0.2) is 0 Å². The fourth-order valence-corrected chi connectivity index (χ4v) is 2.02. The minimum absolute atomic E-state index is 0.0623. The number of primary amides is 1. The van der Waals surface area contributed by atoms with E-state index in [1.807, 2.05) is 25.1 Å². The van der Waals surface area contributed by atoms with Crippen LogP contribution < -0.4 is 16.4 Å². The van der Waals surface area contributed by atoms with Crippen LogP contribution in [-0.4, -0.2) is 6.03 Å². The van der Waals surface area contributed by atoms with E-state index >= 15 is 0 Å². The number of rotatable bonds is 5. The number of benzene rings is 2. The van der Waals surface area contributed by atoms with Gasteiger partial charge in [0, 0.05) is 23.8 Å². The van der Waals surface area contributed by atoms with E-state index in [9.17, 15) is 9.18 Å². The van der Waals surface area contributed by atoms with Gasteiger partial charge in [0.1, 0.15) is 5.82 Å². The molecule has 5 heteroatoms. The van der Waals surface area contributed by atoms with Crippen LogP contribution in [0.4, 0.5) is 14.9 Å². The Balaban J connectivity index is 1.95. The van der Waals surface area contributed by atoms with Gasteiger partial charge >= 0.3 is 6.03 Å². The molecular weight excluding hydrogens is 269 g/mol. The minimum atomic E-state index is -0.589. The molecule has 0 bridgehead atoms. The molecule has 2 aromatic carbocycles. The summed E-state index contributed by atoms with van der Waals surface area (Å²) in [7, 11) is 0. The van der Waals surface area contributed by atoms with Crippen LogP contribution in [-0.2, 0) is 6.54 Å². The lowest BCUT2D eigenvalue weighted by atomic mass is 10.1. The maximum absolute atomic E-state index is 13.5. The second kappa shape index (κ2) is 6.85. The largest absolute Gasteiger partial charge is 0.351 e. The summed E-state index contributed by atoms with van der Waals surface area (Å²) in [5.41, 5.74) is 7.38. The highest BCUT2D eigenvalue weighted by Crippen LogP contribution is 2.17. The van der Waals surface area contributed by atoms with Crippen molar-refractivity contribution in [3.05, 3.63) is 65.5 Å². The van der Waals surface area contributed by atoms with Gasteiger partial charge in [-0.15, -0.1) is 0 Å². The van der Waals surface area contributed by atoms with E-state index in [2.05, 4.69) is 10.6 Å². The van der Waals surface area contributed by atoms with Gasteiger partial charge in [0.2, 0.25) is 0 Å². The summed E-state index contributed by atoms with van der Waals surface area (Å²) in [6.07, 6.45) is 0. The summed E-state index contributed by atoms with van der Waals surface area (Å²) < 4.78 is 13.5. The van der Waals surface area contributed by atoms with Crippen LogP contribution in [0.15, 0.2) is 48.5 Å². The van der Waals surface area contributed by atoms with Crippen molar-refractivity contribution < 1.29 is 9.18 Å². The number of carbonyl (C=O) groups is 1. The Bertz CT molecular complexity index is 613. The highest BCUT2D eigenvalue weighted by Gasteiger charge is 2.07. The molecule has 1 unspecified atom stereocenters. The molecule has 0 radical (unpaired) electrons. The summed E-state index contributed by atoms with van der Waals surface area (Å²) in [6, 6.07) is 13.5. The molecule has 2 rings (SSSR count). The van der Waals surface area contributed by atoms with Crippen molar-refractivity contribution in [2.75, 3.05) is 5.32 Å². The number of hydrogen-bond donors (Lipinski definition) is 3. The molecule has 1 atom stereocenters. The lowest BCUT2D eigenvalue weighted by molar-refractivity contribution is 0.259. The SMILES string of the molecule is CC(NCc1ccccc1F)c1ccc(NC(N)=O)cc1. The standard InChI is InChI=1S/C16H18FN3O/c1-11(19-10-13-4-2-3-5-15(13)17)12-6-8-14(9-7-12)20-16(18)21/h2-9,11,19H,10H2,1H3,(H3,18,20,21). The lowest BCUT2D eigenvalue weighted by Crippen LogP contribution is -2.20. The molecule has 0 heterocycles. The van der Waals surface area contributed by atoms with Gasteiger partial charge in [-0.05, 0) is 30.7 Å². The number of amides is 2. The van der Waals surface area contributed by atoms with Crippen LogP contribution in [0, 0.1) is 5.82 Å². The minimum Gasteiger partial charge on any atom is -0.351 e. The zero-order valence-electron chi connectivity index (χ0n) is 11.8. The third-order valence-electron chi connectivity index (χ3n) is 3.23. The normalized spacial score (nSPS) is 11.9. The van der Waals surface area contributed by atoms with Crippen molar-refractivity contribution in [1.29, 1.82) is 0 Å². The predicted octanol–water partition coefficient (Wildman–Crippen LogP) is 3.17. The number of hydrogen-bond acceptors (Lipinski definition) is 2. The van der Waals surface area contributed by atoms with Crippen LogP contribution in [0.3, 0.4) is 0 Å². The Morgan fingerprint density at radius 1 is 1.19 bits per heavy atom. The first kappa shape index (κ1) is 15.0. The van der Waals surface area contributed by atoms with E-state index in [0.29, 0.717) is 17.8 Å². The molecule has 0 aliphatic heterocycles. The molecular formula is C16H18FN3O. The number of halogens is 1. The van der Waals surface area contributed by atoms with Crippen molar-refractivity contribution in [2.24, 2.45) is 5.73 Å². The van der Waals surface area contributed by atoms with Gasteiger partial charge in [-0.3, -0.25) is 0 Å². The molecule has 0 fully saturated rings. The van der Waals surface area contributed by atoms with Gasteiger partial charge in [0.25, 0.3) is 0 Å². The maximum atomic E-state index is 13.5. The molecule has 2 amide bonds. The molecule has 0 aliphatic rings. The first-order valence-corrected chi connectivity index (χ1v) is 6.69. The van der Waals surface area contributed by atoms with Crippen molar-refractivity contribution >= 4 is 11.7 Å². The molecule has 2 aromatic rings. The third-order valence-corrected chi connectivity index (χ3v) is 3.23. The number of anilines is 1. The van der Waals surface area contributed by atoms with Gasteiger partial charge < -0.3 is 16.4 Å². The molecule has 110 valence electrons. The number of carbonyl (C=O) groups excluding carboxylic acids is 1. The Labute approximate surface area is 123 Å². The van der Waals surface area contributed by atoms with Gasteiger partial charge in [-0.2, -0.15) is 0 Å². The summed E-state index contributed by atoms with van der Waals surface area (Å²) >= 11 is 0. The summed E-state index contributed by atoms with van der Waals surface area (Å²) in [6.45, 7) is 2.45. The number of nitrogens with one attached hydrogen (secondary N) is 2. The molecule has 0 spiro atoms. The molecule has 21 heavy (non-hydrogen) atoms. The van der Waals surface area contributed by atoms with Crippen molar-refractivity contribution in [3.8, 4) is 0 Å². The smallest absolute Gasteiger partial charge is 0.316 e. The van der Waals surface area contributed by atoms with Crippen LogP contribution in [0.25, 0.3) is 0 Å². The van der Waals surface area contributed by atoms with Crippen LogP contribution >= 0.6 is 0 Å². The average Bonchev–Trinajstić information content (AvgIpc) is 2.46. The van der Waals surface area contributed by atoms with Crippen molar-refractivity contribution in [3.63, 3.8) is 0 Å². The van der Waals surface area contributed by atoms with Gasteiger partial charge in [0.05, 0.1) is 0 Å². The van der Waals surface area contributed by atoms with E-state index in [1.54, 1.807) is 24.3 Å². The molecule has 0 aliphatic carbocycles. The summed E-state index contributed by atoms with van der Waals surface area (Å²) in [5.74, 6) is -0.210. The van der Waals surface area contributed by atoms with Crippen molar-refractivity contribution in [2.45, 2.75) is 19.5 Å². The van der Waals surface area contributed by atoms with E-state index < -0.39 is 6.03 Å². The lowest BCUT2D eigenvalue weighted by Gasteiger charge is -2.15. The zero-order valence-corrected chi connectivity index (χ0v) is 11.8. The van der Waals surface area contributed by atoms with Crippen LogP contribution in [0.5, 0.6) is 0 Å². The number of urea groups is 1. The number of nitrogens with two attached hydrogens (primary N) is 1. The summed E-state index contributed by atoms with van der Waals surface area (Å²) in [4.78, 5) is 10.7. The van der Waals surface area contributed by atoms with Gasteiger partial charge in [-0.25, -0.2) is 9.18 Å². The van der Waals surface area contributed by atoms with Gasteiger partial charge in [-0.1, -0.05) is 30.3 Å². The fourth-order valence-electron chi connectivity index (χ4n) is 2.02. The monoisotopic (exact) mass is 287 g/mol. The highest BCUT2D eigenvalue weighted by atomic mass is 19.1. The molecule has 0 aromatic heterocycles. The predicted molar refractivity (Wildman–Crippen MR) is 81.3 cm³/mol. The Morgan fingerprint density at radius 2 is 1.86 bits per heavy atom. The van der Waals surface area contributed by atoms with Crippen molar-refractivity contribution in [1.82, 2.24) is 5.32 Å². The Hall–Kier alpha value is -2.40. The summed E-state index contributed by atoms with van der Waals surface area (Å²) in [5, 5.41) is 5.77. The average molecular weight is 287 g/mol. The van der Waals surface area contributed by atoms with E-state index in [0.717, 1.165) is 5.56 Å². The van der Waals surface area contributed by atoms with E-state index in [-0.39, 0.29) is 11.9 Å². The van der Waals surface area contributed by atoms with Crippen LogP contribution in [0.1, 0.15) is 24.1 Å². The topological polar surface area (TPSA) is 67.2 Å². The Kier molecular flexibility index (Phi) is 4.90. The van der Waals surface area contributed by atoms with E-state index in [4.69, 9.17) is 5.73 Å². The first-order chi connectivity index (χ1) is 10.1. The quantitative estimate of drug-likeness (QED) is 0.790. The second-order valence-corrected chi connectivity index (χ2v) is 4.81. The highest BCUT2D eigenvalue weighted by molar-refractivity contribution is 5.87. The molecule has 0 saturated carbocycles. The van der Waals surface area contributed by atoms with E-state index in [1.165, 1.54) is 6.07 Å². The first-order valence-electron chi connectivity index (χ1n) is 6.69. The molecule has 4 nitrogen and oxygen atoms in total. The third kappa shape index (κ3) is 4.29. The van der Waals surface area contributed by atoms with Crippen LogP contribution in [0.2, 0.25) is 0 Å². The zero-order chi connectivity index (χ0) is 15.2. The molecule has 4 N–H and O–H groups in total. The fraction of sp³-hybridized carbons (Fsp3) is 0.188. The maximum Gasteiger partial charge on any atom is 0.316 e.